The first-order chi connectivity index (χ1) is 11.4. The first-order valence-corrected chi connectivity index (χ1v) is 8.07. The second-order valence-electron chi connectivity index (χ2n) is 4.77. The van der Waals surface area contributed by atoms with Crippen molar-refractivity contribution in [3.63, 3.8) is 0 Å². The Kier molecular flexibility index (Phi) is 5.88. The lowest BCUT2D eigenvalue weighted by Crippen LogP contribution is -2.38. The minimum atomic E-state index is -1.16. The van der Waals surface area contributed by atoms with Crippen LogP contribution in [0.1, 0.15) is 15.4 Å². The van der Waals surface area contributed by atoms with E-state index in [2.05, 4.69) is 15.6 Å². The lowest BCUT2D eigenvalue weighted by atomic mass is 10.2. The van der Waals surface area contributed by atoms with Crippen LogP contribution in [0.3, 0.4) is 0 Å². The van der Waals surface area contributed by atoms with Gasteiger partial charge in [-0.05, 0) is 13.0 Å². The third-order valence-electron chi connectivity index (χ3n) is 2.95. The van der Waals surface area contributed by atoms with Crippen molar-refractivity contribution in [2.24, 2.45) is 0 Å². The molecule has 9 heteroatoms. The van der Waals surface area contributed by atoms with Crippen LogP contribution in [0.15, 0.2) is 24.3 Å². The van der Waals surface area contributed by atoms with E-state index in [1.165, 1.54) is 11.3 Å². The van der Waals surface area contributed by atoms with Gasteiger partial charge in [0.2, 0.25) is 5.91 Å². The predicted octanol–water partition coefficient (Wildman–Crippen LogP) is 1.70. The molecule has 0 aliphatic rings. The number of nitrogens with one attached hydrogen (secondary N) is 2. The fourth-order valence-corrected chi connectivity index (χ4v) is 3.14. The Labute approximate surface area is 146 Å². The van der Waals surface area contributed by atoms with Gasteiger partial charge in [-0.1, -0.05) is 29.8 Å². The van der Waals surface area contributed by atoms with Gasteiger partial charge in [-0.25, -0.2) is 4.98 Å². The first kappa shape index (κ1) is 17.9. The van der Waals surface area contributed by atoms with E-state index in [0.29, 0.717) is 20.6 Å². The average Bonchev–Trinajstić information content (AvgIpc) is 2.92. The van der Waals surface area contributed by atoms with Gasteiger partial charge in [-0.3, -0.25) is 14.4 Å². The zero-order chi connectivity index (χ0) is 17.7. The van der Waals surface area contributed by atoms with Gasteiger partial charge >= 0.3 is 5.97 Å². The number of thiazole rings is 1. The molecule has 24 heavy (non-hydrogen) atoms. The number of carboxylic acid groups (broad SMARTS) is 1. The van der Waals surface area contributed by atoms with E-state index < -0.39 is 24.3 Å². The number of halogens is 1. The molecule has 0 atom stereocenters. The van der Waals surface area contributed by atoms with E-state index >= 15 is 0 Å². The van der Waals surface area contributed by atoms with E-state index in [1.807, 2.05) is 12.1 Å². The highest BCUT2D eigenvalue weighted by Gasteiger charge is 2.18. The Morgan fingerprint density at radius 3 is 2.58 bits per heavy atom. The molecule has 0 bridgehead atoms. The second kappa shape index (κ2) is 7.89. The second-order valence-corrected chi connectivity index (χ2v) is 6.17. The van der Waals surface area contributed by atoms with Crippen LogP contribution in [-0.4, -0.2) is 41.0 Å². The van der Waals surface area contributed by atoms with Crippen LogP contribution in [0, 0.1) is 6.92 Å². The summed E-state index contributed by atoms with van der Waals surface area (Å²) in [4.78, 5) is 38.7. The van der Waals surface area contributed by atoms with Gasteiger partial charge in [0, 0.05) is 5.56 Å². The fraction of sp³-hybridized carbons (Fsp3) is 0.200. The summed E-state index contributed by atoms with van der Waals surface area (Å²) in [5.41, 5.74) is 1.25. The Bertz CT molecular complexity index is 791. The van der Waals surface area contributed by atoms with Gasteiger partial charge < -0.3 is 15.7 Å². The number of amides is 2. The molecule has 0 unspecified atom stereocenters. The standard InChI is InChI=1S/C15H14ClN3O4S/c1-8-13(14(23)18-6-11(20)17-7-12(21)22)24-15(19-8)9-4-2-3-5-10(9)16/h2-5H,6-7H2,1H3,(H,17,20)(H,18,23)(H,21,22). The van der Waals surface area contributed by atoms with Gasteiger partial charge in [0.1, 0.15) is 16.4 Å². The molecule has 0 fully saturated rings. The van der Waals surface area contributed by atoms with E-state index in [-0.39, 0.29) is 6.54 Å². The largest absolute Gasteiger partial charge is 0.480 e. The maximum absolute atomic E-state index is 12.2. The number of carboxylic acids is 1. The molecule has 2 rings (SSSR count). The molecule has 0 saturated carbocycles. The van der Waals surface area contributed by atoms with Crippen molar-refractivity contribution in [1.82, 2.24) is 15.6 Å². The van der Waals surface area contributed by atoms with Gasteiger partial charge in [-0.15, -0.1) is 11.3 Å². The van der Waals surface area contributed by atoms with Crippen molar-refractivity contribution >= 4 is 40.7 Å². The van der Waals surface area contributed by atoms with E-state index in [9.17, 15) is 14.4 Å². The van der Waals surface area contributed by atoms with Crippen molar-refractivity contribution in [2.75, 3.05) is 13.1 Å². The zero-order valence-electron chi connectivity index (χ0n) is 12.6. The number of nitrogens with zero attached hydrogens (tertiary/aromatic N) is 1. The van der Waals surface area contributed by atoms with Gasteiger partial charge in [-0.2, -0.15) is 0 Å². The third kappa shape index (κ3) is 4.53. The lowest BCUT2D eigenvalue weighted by molar-refractivity contribution is -0.137. The Balaban J connectivity index is 2.04. The van der Waals surface area contributed by atoms with Crippen LogP contribution in [0.25, 0.3) is 10.6 Å². The maximum atomic E-state index is 12.2. The molecule has 0 aliphatic heterocycles. The van der Waals surface area contributed by atoms with Gasteiger partial charge in [0.15, 0.2) is 0 Å². The molecule has 1 heterocycles. The SMILES string of the molecule is Cc1nc(-c2ccccc2Cl)sc1C(=O)NCC(=O)NCC(=O)O. The Morgan fingerprint density at radius 1 is 1.21 bits per heavy atom. The van der Waals surface area contributed by atoms with Gasteiger partial charge in [0.05, 0.1) is 17.3 Å². The highest BCUT2D eigenvalue weighted by Crippen LogP contribution is 2.32. The number of aromatic nitrogens is 1. The molecule has 2 aromatic rings. The number of carbonyl (C=O) groups is 3. The van der Waals surface area contributed by atoms with Crippen LogP contribution in [-0.2, 0) is 9.59 Å². The zero-order valence-corrected chi connectivity index (χ0v) is 14.2. The molecule has 1 aromatic carbocycles. The Morgan fingerprint density at radius 2 is 1.92 bits per heavy atom. The van der Waals surface area contributed by atoms with Gasteiger partial charge in [0.25, 0.3) is 5.91 Å². The summed E-state index contributed by atoms with van der Waals surface area (Å²) >= 11 is 7.30. The molecule has 0 aliphatic carbocycles. The van der Waals surface area contributed by atoms with Crippen molar-refractivity contribution in [3.05, 3.63) is 39.9 Å². The summed E-state index contributed by atoms with van der Waals surface area (Å²) in [6.07, 6.45) is 0. The third-order valence-corrected chi connectivity index (χ3v) is 4.47. The van der Waals surface area contributed by atoms with Crippen molar-refractivity contribution in [1.29, 1.82) is 0 Å². The van der Waals surface area contributed by atoms with Crippen molar-refractivity contribution in [2.45, 2.75) is 6.92 Å². The minimum absolute atomic E-state index is 0.315. The monoisotopic (exact) mass is 367 g/mol. The number of hydrogen-bond donors (Lipinski definition) is 3. The molecule has 2 amide bonds. The topological polar surface area (TPSA) is 108 Å². The number of hydrogen-bond acceptors (Lipinski definition) is 5. The van der Waals surface area contributed by atoms with Crippen LogP contribution in [0.2, 0.25) is 5.02 Å². The summed E-state index contributed by atoms with van der Waals surface area (Å²) in [6, 6.07) is 7.17. The number of benzene rings is 1. The summed E-state index contributed by atoms with van der Waals surface area (Å²) in [7, 11) is 0. The number of carbonyl (C=O) groups excluding carboxylic acids is 2. The molecule has 0 spiro atoms. The van der Waals surface area contributed by atoms with E-state index in [1.54, 1.807) is 19.1 Å². The minimum Gasteiger partial charge on any atom is -0.480 e. The quantitative estimate of drug-likeness (QED) is 0.720. The van der Waals surface area contributed by atoms with E-state index in [0.717, 1.165) is 5.56 Å². The summed E-state index contributed by atoms with van der Waals surface area (Å²) < 4.78 is 0. The highest BCUT2D eigenvalue weighted by molar-refractivity contribution is 7.17. The Hall–Kier alpha value is -2.45. The molecule has 3 N–H and O–H groups in total. The summed E-state index contributed by atoms with van der Waals surface area (Å²) in [6.45, 7) is 0.881. The highest BCUT2D eigenvalue weighted by atomic mass is 35.5. The van der Waals surface area contributed by atoms with Crippen LogP contribution < -0.4 is 10.6 Å². The van der Waals surface area contributed by atoms with Crippen LogP contribution in [0.5, 0.6) is 0 Å². The van der Waals surface area contributed by atoms with Crippen LogP contribution >= 0.6 is 22.9 Å². The summed E-state index contributed by atoms with van der Waals surface area (Å²) in [5.74, 6) is -2.19. The first-order valence-electron chi connectivity index (χ1n) is 6.87. The van der Waals surface area contributed by atoms with Crippen LogP contribution in [0.4, 0.5) is 0 Å². The summed E-state index contributed by atoms with van der Waals surface area (Å²) in [5, 5.41) is 14.2. The smallest absolute Gasteiger partial charge is 0.322 e. The molecule has 0 radical (unpaired) electrons. The normalized spacial score (nSPS) is 10.2. The lowest BCUT2D eigenvalue weighted by Gasteiger charge is -2.04. The molecular weight excluding hydrogens is 354 g/mol. The molecule has 126 valence electrons. The number of aliphatic carboxylic acids is 1. The fourth-order valence-electron chi connectivity index (χ4n) is 1.83. The van der Waals surface area contributed by atoms with E-state index in [4.69, 9.17) is 16.7 Å². The number of rotatable bonds is 6. The molecule has 7 nitrogen and oxygen atoms in total. The average molecular weight is 368 g/mol. The van der Waals surface area contributed by atoms with Crippen molar-refractivity contribution in [3.8, 4) is 10.6 Å². The molecular formula is C15H14ClN3O4S. The molecule has 0 saturated heterocycles. The predicted molar refractivity (Wildman–Crippen MR) is 90.3 cm³/mol. The maximum Gasteiger partial charge on any atom is 0.322 e. The number of aryl methyl sites for hydroxylation is 1. The van der Waals surface area contributed by atoms with Crippen molar-refractivity contribution < 1.29 is 19.5 Å². The molecule has 1 aromatic heterocycles.